The summed E-state index contributed by atoms with van der Waals surface area (Å²) < 4.78 is 11.8. The Hall–Kier alpha value is -2.73. The van der Waals surface area contributed by atoms with E-state index < -0.39 is 0 Å². The highest BCUT2D eigenvalue weighted by Crippen LogP contribution is 2.30. The van der Waals surface area contributed by atoms with Gasteiger partial charge in [0.1, 0.15) is 12.7 Å². The fourth-order valence-corrected chi connectivity index (χ4v) is 3.11. The highest BCUT2D eigenvalue weighted by Gasteiger charge is 2.20. The van der Waals surface area contributed by atoms with Crippen LogP contribution in [-0.4, -0.2) is 50.3 Å². The molecular formula is C23H32N4O2. The van der Waals surface area contributed by atoms with Crippen LogP contribution in [0.4, 0.5) is 0 Å². The molecule has 2 aromatic rings. The number of nitrogens with zero attached hydrogens (tertiary/aromatic N) is 2. The van der Waals surface area contributed by atoms with Crippen molar-refractivity contribution in [1.29, 1.82) is 0 Å². The van der Waals surface area contributed by atoms with Gasteiger partial charge in [-0.05, 0) is 44.2 Å². The summed E-state index contributed by atoms with van der Waals surface area (Å²) in [6.07, 6.45) is -0.0598. The van der Waals surface area contributed by atoms with Crippen LogP contribution in [0.5, 0.6) is 11.5 Å². The Balaban J connectivity index is 1.51. The first kappa shape index (κ1) is 21.0. The molecule has 2 aromatic carbocycles. The van der Waals surface area contributed by atoms with E-state index in [1.165, 1.54) is 11.1 Å². The minimum atomic E-state index is -0.0598. The lowest BCUT2D eigenvalue weighted by atomic mass is 10.1. The predicted molar refractivity (Wildman–Crippen MR) is 118 cm³/mol. The predicted octanol–water partition coefficient (Wildman–Crippen LogP) is 3.03. The average Bonchev–Trinajstić information content (AvgIpc) is 2.74. The normalized spacial score (nSPS) is 16.2. The summed E-state index contributed by atoms with van der Waals surface area (Å²) in [7, 11) is 3.93. The zero-order valence-electron chi connectivity index (χ0n) is 17.8. The van der Waals surface area contributed by atoms with Crippen LogP contribution in [0.2, 0.25) is 0 Å². The monoisotopic (exact) mass is 396 g/mol. The summed E-state index contributed by atoms with van der Waals surface area (Å²) in [6, 6.07) is 16.8. The van der Waals surface area contributed by atoms with Gasteiger partial charge in [-0.25, -0.2) is 0 Å². The van der Waals surface area contributed by atoms with Crippen LogP contribution in [0, 0.1) is 0 Å². The lowest BCUT2D eigenvalue weighted by molar-refractivity contribution is 0.0936. The Morgan fingerprint density at radius 2 is 1.76 bits per heavy atom. The number of aliphatic imine (C=N–C) groups is 1. The molecule has 29 heavy (non-hydrogen) atoms. The second-order valence-corrected chi connectivity index (χ2v) is 7.58. The molecule has 156 valence electrons. The maximum atomic E-state index is 6.00. The molecule has 1 unspecified atom stereocenters. The number of nitrogens with one attached hydrogen (secondary N) is 2. The second kappa shape index (κ2) is 10.2. The number of fused-ring (bicyclic) bond motifs is 1. The van der Waals surface area contributed by atoms with Crippen molar-refractivity contribution in [2.75, 3.05) is 27.2 Å². The molecule has 3 rings (SSSR count). The van der Waals surface area contributed by atoms with Gasteiger partial charge in [-0.1, -0.05) is 36.4 Å². The number of guanidine groups is 1. The van der Waals surface area contributed by atoms with Crippen LogP contribution in [0.25, 0.3) is 0 Å². The van der Waals surface area contributed by atoms with Crippen LogP contribution < -0.4 is 20.1 Å². The minimum Gasteiger partial charge on any atom is -0.486 e. The molecule has 0 radical (unpaired) electrons. The van der Waals surface area contributed by atoms with Crippen molar-refractivity contribution in [3.8, 4) is 11.5 Å². The molecule has 1 atom stereocenters. The van der Waals surface area contributed by atoms with Gasteiger partial charge in [0, 0.05) is 26.2 Å². The first-order chi connectivity index (χ1) is 14.1. The van der Waals surface area contributed by atoms with Gasteiger partial charge in [0.15, 0.2) is 17.5 Å². The molecule has 2 N–H and O–H groups in total. The Morgan fingerprint density at radius 1 is 1.07 bits per heavy atom. The van der Waals surface area contributed by atoms with Crippen molar-refractivity contribution in [3.63, 3.8) is 0 Å². The molecular weight excluding hydrogens is 364 g/mol. The van der Waals surface area contributed by atoms with E-state index >= 15 is 0 Å². The number of benzene rings is 2. The molecule has 1 aliphatic heterocycles. The van der Waals surface area contributed by atoms with E-state index in [4.69, 9.17) is 9.47 Å². The maximum Gasteiger partial charge on any atom is 0.191 e. The number of hydrogen-bond acceptors (Lipinski definition) is 4. The van der Waals surface area contributed by atoms with Crippen LogP contribution in [0.3, 0.4) is 0 Å². The molecule has 0 spiro atoms. The van der Waals surface area contributed by atoms with Gasteiger partial charge in [0.25, 0.3) is 0 Å². The van der Waals surface area contributed by atoms with Crippen molar-refractivity contribution < 1.29 is 9.47 Å². The van der Waals surface area contributed by atoms with E-state index in [0.29, 0.717) is 25.7 Å². The molecule has 0 aromatic heterocycles. The summed E-state index contributed by atoms with van der Waals surface area (Å²) in [5.74, 6) is 2.34. The van der Waals surface area contributed by atoms with Crippen molar-refractivity contribution in [2.45, 2.75) is 39.1 Å². The standard InChI is InChI=1S/C23H32N4O2/c1-17(2)27(4)15-19-10-6-5-9-18(19)13-25-23(24-3)26-14-20-16-28-21-11-7-8-12-22(21)29-20/h5-12,17,20H,13-16H2,1-4H3,(H2,24,25,26). The van der Waals surface area contributed by atoms with Crippen molar-refractivity contribution >= 4 is 5.96 Å². The lowest BCUT2D eigenvalue weighted by Gasteiger charge is -2.27. The molecule has 0 saturated carbocycles. The quantitative estimate of drug-likeness (QED) is 0.557. The topological polar surface area (TPSA) is 58.1 Å². The van der Waals surface area contributed by atoms with E-state index in [2.05, 4.69) is 65.7 Å². The van der Waals surface area contributed by atoms with Gasteiger partial charge in [-0.2, -0.15) is 0 Å². The summed E-state index contributed by atoms with van der Waals surface area (Å²) in [4.78, 5) is 6.68. The van der Waals surface area contributed by atoms with Crippen LogP contribution in [-0.2, 0) is 13.1 Å². The average molecular weight is 397 g/mol. The van der Waals surface area contributed by atoms with Gasteiger partial charge < -0.3 is 20.1 Å². The third kappa shape index (κ3) is 5.87. The Bertz CT molecular complexity index is 822. The number of para-hydroxylation sites is 2. The third-order valence-corrected chi connectivity index (χ3v) is 5.15. The Labute approximate surface area is 173 Å². The fraction of sp³-hybridized carbons (Fsp3) is 0.435. The third-order valence-electron chi connectivity index (χ3n) is 5.15. The van der Waals surface area contributed by atoms with Crippen LogP contribution in [0.15, 0.2) is 53.5 Å². The Morgan fingerprint density at radius 3 is 2.48 bits per heavy atom. The first-order valence-electron chi connectivity index (χ1n) is 10.2. The summed E-state index contributed by atoms with van der Waals surface area (Å²) in [6.45, 7) is 7.20. The summed E-state index contributed by atoms with van der Waals surface area (Å²) in [5.41, 5.74) is 2.60. The Kier molecular flexibility index (Phi) is 7.36. The van der Waals surface area contributed by atoms with Gasteiger partial charge in [-0.3, -0.25) is 9.89 Å². The lowest BCUT2D eigenvalue weighted by Crippen LogP contribution is -2.45. The highest BCUT2D eigenvalue weighted by molar-refractivity contribution is 5.79. The van der Waals surface area contributed by atoms with Gasteiger partial charge in [0.05, 0.1) is 6.54 Å². The molecule has 0 saturated heterocycles. The van der Waals surface area contributed by atoms with E-state index in [1.807, 2.05) is 24.3 Å². The smallest absolute Gasteiger partial charge is 0.191 e. The number of hydrogen-bond donors (Lipinski definition) is 2. The molecule has 1 heterocycles. The highest BCUT2D eigenvalue weighted by atomic mass is 16.6. The van der Waals surface area contributed by atoms with E-state index in [-0.39, 0.29) is 6.10 Å². The van der Waals surface area contributed by atoms with Crippen molar-refractivity contribution in [1.82, 2.24) is 15.5 Å². The zero-order chi connectivity index (χ0) is 20.6. The first-order valence-corrected chi connectivity index (χ1v) is 10.2. The minimum absolute atomic E-state index is 0.0598. The second-order valence-electron chi connectivity index (χ2n) is 7.58. The molecule has 6 nitrogen and oxygen atoms in total. The van der Waals surface area contributed by atoms with Gasteiger partial charge >= 0.3 is 0 Å². The summed E-state index contributed by atoms with van der Waals surface area (Å²) in [5, 5.41) is 6.75. The van der Waals surface area contributed by atoms with Crippen molar-refractivity contribution in [3.05, 3.63) is 59.7 Å². The molecule has 0 amide bonds. The van der Waals surface area contributed by atoms with Crippen LogP contribution in [0.1, 0.15) is 25.0 Å². The molecule has 0 fully saturated rings. The maximum absolute atomic E-state index is 6.00. The summed E-state index contributed by atoms with van der Waals surface area (Å²) >= 11 is 0. The van der Waals surface area contributed by atoms with Crippen LogP contribution >= 0.6 is 0 Å². The van der Waals surface area contributed by atoms with Crippen molar-refractivity contribution in [2.24, 2.45) is 4.99 Å². The molecule has 0 bridgehead atoms. The van der Waals surface area contributed by atoms with E-state index in [0.717, 1.165) is 24.0 Å². The molecule has 1 aliphatic rings. The van der Waals surface area contributed by atoms with E-state index in [1.54, 1.807) is 7.05 Å². The molecule has 6 heteroatoms. The zero-order valence-corrected chi connectivity index (χ0v) is 17.8. The SMILES string of the molecule is CN=C(NCc1ccccc1CN(C)C(C)C)NCC1COc2ccccc2O1. The number of rotatable bonds is 7. The fourth-order valence-electron chi connectivity index (χ4n) is 3.11. The molecule has 0 aliphatic carbocycles. The number of ether oxygens (including phenoxy) is 2. The van der Waals surface area contributed by atoms with Gasteiger partial charge in [-0.15, -0.1) is 0 Å². The van der Waals surface area contributed by atoms with Gasteiger partial charge in [0.2, 0.25) is 0 Å². The van der Waals surface area contributed by atoms with E-state index in [9.17, 15) is 0 Å². The largest absolute Gasteiger partial charge is 0.486 e.